The number of azo groups is 1. The lowest BCUT2D eigenvalue weighted by atomic mass is 10.1. The van der Waals surface area contributed by atoms with Gasteiger partial charge in [-0.1, -0.05) is 60.7 Å². The first kappa shape index (κ1) is 16.8. The van der Waals surface area contributed by atoms with Crippen molar-refractivity contribution in [3.8, 4) is 11.1 Å². The fourth-order valence-electron chi connectivity index (χ4n) is 2.92. The van der Waals surface area contributed by atoms with Gasteiger partial charge in [0.1, 0.15) is 0 Å². The molecule has 1 aliphatic heterocycles. The second kappa shape index (κ2) is 7.33. The lowest BCUT2D eigenvalue weighted by molar-refractivity contribution is -0.117. The van der Waals surface area contributed by atoms with E-state index in [9.17, 15) is 4.79 Å². The van der Waals surface area contributed by atoms with Crippen molar-refractivity contribution < 1.29 is 4.79 Å². The van der Waals surface area contributed by atoms with E-state index in [1.54, 1.807) is 6.92 Å². The van der Waals surface area contributed by atoms with Crippen LogP contribution in [0.3, 0.4) is 0 Å². The Balaban J connectivity index is 1.50. The topological polar surface area (TPSA) is 57.4 Å². The van der Waals surface area contributed by atoms with Gasteiger partial charge in [-0.25, -0.2) is 0 Å². The zero-order valence-corrected chi connectivity index (χ0v) is 14.9. The van der Waals surface area contributed by atoms with E-state index in [4.69, 9.17) is 0 Å². The number of carbonyl (C=O) groups is 1. The molecule has 1 atom stereocenters. The number of benzene rings is 3. The Morgan fingerprint density at radius 2 is 1.41 bits per heavy atom. The fraction of sp³-hybridized carbons (Fsp3) is 0.0909. The lowest BCUT2D eigenvalue weighted by Gasteiger charge is -2.11. The highest BCUT2D eigenvalue weighted by Gasteiger charge is 2.34. The van der Waals surface area contributed by atoms with Crippen LogP contribution in [0.2, 0.25) is 0 Å². The molecule has 4 rings (SSSR count). The molecule has 0 saturated heterocycles. The Hall–Kier alpha value is -3.60. The maximum atomic E-state index is 12.6. The molecule has 0 aromatic heterocycles. The molecule has 1 heterocycles. The second-order valence-electron chi connectivity index (χ2n) is 6.26. The van der Waals surface area contributed by atoms with E-state index in [0.717, 1.165) is 16.8 Å². The van der Waals surface area contributed by atoms with Gasteiger partial charge in [-0.15, -0.1) is 0 Å². The van der Waals surface area contributed by atoms with Crippen molar-refractivity contribution in [1.29, 1.82) is 0 Å². The van der Waals surface area contributed by atoms with Gasteiger partial charge >= 0.3 is 0 Å². The Kier molecular flexibility index (Phi) is 4.58. The molecule has 132 valence electrons. The Labute approximate surface area is 157 Å². The average Bonchev–Trinajstić information content (AvgIpc) is 3.02. The lowest BCUT2D eigenvalue weighted by Crippen LogP contribution is -2.29. The molecule has 5 nitrogen and oxygen atoms in total. The van der Waals surface area contributed by atoms with Crippen LogP contribution in [0.15, 0.2) is 100 Å². The summed E-state index contributed by atoms with van der Waals surface area (Å²) in [5.41, 5.74) is 4.32. The molecule has 0 saturated carbocycles. The smallest absolute Gasteiger partial charge is 0.269 e. The molecule has 1 unspecified atom stereocenters. The number of amides is 1. The molecule has 0 bridgehead atoms. The van der Waals surface area contributed by atoms with Crippen molar-refractivity contribution >= 4 is 23.0 Å². The van der Waals surface area contributed by atoms with Gasteiger partial charge in [0.25, 0.3) is 5.91 Å². The summed E-state index contributed by atoms with van der Waals surface area (Å²) in [7, 11) is 0. The molecule has 1 amide bonds. The number of para-hydroxylation sites is 1. The molecule has 0 spiro atoms. The first-order chi connectivity index (χ1) is 13.2. The highest BCUT2D eigenvalue weighted by molar-refractivity contribution is 6.18. The average molecular weight is 354 g/mol. The maximum Gasteiger partial charge on any atom is 0.280 e. The third kappa shape index (κ3) is 3.53. The van der Waals surface area contributed by atoms with E-state index in [-0.39, 0.29) is 5.91 Å². The van der Waals surface area contributed by atoms with Crippen LogP contribution in [0.1, 0.15) is 6.92 Å². The molecule has 3 aromatic carbocycles. The quantitative estimate of drug-likeness (QED) is 0.592. The molecular formula is C22H18N4O. The summed E-state index contributed by atoms with van der Waals surface area (Å²) in [5.74, 6) is -0.191. The Bertz CT molecular complexity index is 996. The van der Waals surface area contributed by atoms with E-state index in [1.165, 1.54) is 5.01 Å². The first-order valence-corrected chi connectivity index (χ1v) is 8.73. The van der Waals surface area contributed by atoms with Crippen LogP contribution in [-0.2, 0) is 4.79 Å². The third-order valence-corrected chi connectivity index (χ3v) is 4.36. The molecular weight excluding hydrogens is 336 g/mol. The van der Waals surface area contributed by atoms with Crippen LogP contribution in [0, 0.1) is 0 Å². The summed E-state index contributed by atoms with van der Waals surface area (Å²) in [6, 6.07) is 26.6. The fourth-order valence-corrected chi connectivity index (χ4v) is 2.92. The number of hydrazone groups is 1. The van der Waals surface area contributed by atoms with Gasteiger partial charge in [0, 0.05) is 0 Å². The van der Waals surface area contributed by atoms with Gasteiger partial charge in [-0.2, -0.15) is 20.3 Å². The predicted molar refractivity (Wildman–Crippen MR) is 107 cm³/mol. The van der Waals surface area contributed by atoms with Crippen LogP contribution in [0.25, 0.3) is 11.1 Å². The number of anilines is 1. The van der Waals surface area contributed by atoms with E-state index < -0.39 is 6.04 Å². The number of nitrogens with zero attached hydrogens (tertiary/aromatic N) is 4. The largest absolute Gasteiger partial charge is 0.280 e. The van der Waals surface area contributed by atoms with Gasteiger partial charge < -0.3 is 0 Å². The highest BCUT2D eigenvalue weighted by Crippen LogP contribution is 2.25. The third-order valence-electron chi connectivity index (χ3n) is 4.36. The van der Waals surface area contributed by atoms with Gasteiger partial charge in [-0.3, -0.25) is 4.79 Å². The summed E-state index contributed by atoms with van der Waals surface area (Å²) in [4.78, 5) is 12.6. The van der Waals surface area contributed by atoms with Gasteiger partial charge in [0.05, 0.1) is 17.1 Å². The second-order valence-corrected chi connectivity index (χ2v) is 6.26. The van der Waals surface area contributed by atoms with E-state index in [0.29, 0.717) is 11.4 Å². The molecule has 0 fully saturated rings. The monoisotopic (exact) mass is 354 g/mol. The number of carbonyl (C=O) groups excluding carboxylic acids is 1. The molecule has 27 heavy (non-hydrogen) atoms. The normalized spacial score (nSPS) is 16.8. The van der Waals surface area contributed by atoms with E-state index >= 15 is 0 Å². The van der Waals surface area contributed by atoms with Crippen molar-refractivity contribution in [2.24, 2.45) is 15.3 Å². The number of rotatable bonds is 4. The minimum Gasteiger partial charge on any atom is -0.269 e. The summed E-state index contributed by atoms with van der Waals surface area (Å²) in [5, 5.41) is 14.2. The standard InChI is InChI=1S/C22H18N4O/c1-16-21(22(27)26(25-16)20-10-6-3-7-11-20)24-23-19-14-12-18(13-15-19)17-8-4-2-5-9-17/h2-15,21H,1H3. The van der Waals surface area contributed by atoms with E-state index in [1.807, 2.05) is 72.8 Å². The zero-order chi connectivity index (χ0) is 18.6. The molecule has 0 aliphatic carbocycles. The van der Waals surface area contributed by atoms with Crippen molar-refractivity contribution in [1.82, 2.24) is 0 Å². The van der Waals surface area contributed by atoms with Crippen LogP contribution >= 0.6 is 0 Å². The molecule has 1 aliphatic rings. The predicted octanol–water partition coefficient (Wildman–Crippen LogP) is 5.23. The van der Waals surface area contributed by atoms with Crippen molar-refractivity contribution in [3.05, 3.63) is 84.9 Å². The Morgan fingerprint density at radius 3 is 2.07 bits per heavy atom. The molecule has 5 heteroatoms. The summed E-state index contributed by atoms with van der Waals surface area (Å²) in [6.45, 7) is 1.79. The first-order valence-electron chi connectivity index (χ1n) is 8.73. The molecule has 0 radical (unpaired) electrons. The van der Waals surface area contributed by atoms with Gasteiger partial charge in [-0.05, 0) is 42.3 Å². The van der Waals surface area contributed by atoms with Crippen LogP contribution in [0.5, 0.6) is 0 Å². The zero-order valence-electron chi connectivity index (χ0n) is 14.9. The van der Waals surface area contributed by atoms with Crippen LogP contribution < -0.4 is 5.01 Å². The van der Waals surface area contributed by atoms with E-state index in [2.05, 4.69) is 27.5 Å². The number of hydrogen-bond donors (Lipinski definition) is 0. The van der Waals surface area contributed by atoms with Gasteiger partial charge in [0.15, 0.2) is 6.04 Å². The maximum absolute atomic E-state index is 12.6. The van der Waals surface area contributed by atoms with Crippen molar-refractivity contribution in [2.75, 3.05) is 5.01 Å². The summed E-state index contributed by atoms with van der Waals surface area (Å²) < 4.78 is 0. The minimum absolute atomic E-state index is 0.191. The molecule has 0 N–H and O–H groups in total. The summed E-state index contributed by atoms with van der Waals surface area (Å²) in [6.07, 6.45) is 0. The van der Waals surface area contributed by atoms with Crippen molar-refractivity contribution in [2.45, 2.75) is 13.0 Å². The van der Waals surface area contributed by atoms with Gasteiger partial charge in [0.2, 0.25) is 0 Å². The van der Waals surface area contributed by atoms with Crippen molar-refractivity contribution in [3.63, 3.8) is 0 Å². The SMILES string of the molecule is CC1=NN(c2ccccc2)C(=O)C1N=Nc1ccc(-c2ccccc2)cc1. The van der Waals surface area contributed by atoms with Crippen LogP contribution in [-0.4, -0.2) is 17.7 Å². The summed E-state index contributed by atoms with van der Waals surface area (Å²) >= 11 is 0. The molecule has 3 aromatic rings. The van der Waals surface area contributed by atoms with Crippen LogP contribution in [0.4, 0.5) is 11.4 Å². The highest BCUT2D eigenvalue weighted by atomic mass is 16.2. The Morgan fingerprint density at radius 1 is 0.815 bits per heavy atom. The number of hydrogen-bond acceptors (Lipinski definition) is 4. The minimum atomic E-state index is -0.681.